The Bertz CT molecular complexity index is 472. The second-order valence-electron chi connectivity index (χ2n) is 8.74. The molecule has 0 aromatic carbocycles. The van der Waals surface area contributed by atoms with Gasteiger partial charge in [-0.15, -0.1) is 11.6 Å². The SMILES string of the molecule is C[C@]12CC[C@H]3[C@@H](CC=C4C[C@H](Cl)CC[C@@]43C)[C@@H]1CC[C@@H]2O. The van der Waals surface area contributed by atoms with Crippen LogP contribution in [-0.2, 0) is 0 Å². The van der Waals surface area contributed by atoms with Crippen molar-refractivity contribution in [2.75, 3.05) is 0 Å². The van der Waals surface area contributed by atoms with Crippen molar-refractivity contribution in [3.05, 3.63) is 11.6 Å². The van der Waals surface area contributed by atoms with E-state index in [4.69, 9.17) is 11.6 Å². The molecule has 0 spiro atoms. The van der Waals surface area contributed by atoms with E-state index in [1.807, 2.05) is 0 Å². The summed E-state index contributed by atoms with van der Waals surface area (Å²) in [7, 11) is 0. The van der Waals surface area contributed by atoms with Gasteiger partial charge >= 0.3 is 0 Å². The standard InChI is InChI=1S/C19H29ClO/c1-18-9-7-13(20)11-12(18)3-4-14-15-5-6-17(21)19(15,2)10-8-16(14)18/h3,13-17,21H,4-11H2,1-2H3/t13-,14+,15+,16+,17+,18+,19+/m1/s1. The molecule has 1 nitrogen and oxygen atoms in total. The monoisotopic (exact) mass is 308 g/mol. The van der Waals surface area contributed by atoms with Gasteiger partial charge in [-0.05, 0) is 80.0 Å². The van der Waals surface area contributed by atoms with Crippen molar-refractivity contribution in [2.24, 2.45) is 28.6 Å². The fourth-order valence-electron chi connectivity index (χ4n) is 6.59. The van der Waals surface area contributed by atoms with E-state index in [9.17, 15) is 5.11 Å². The van der Waals surface area contributed by atoms with Crippen LogP contribution in [-0.4, -0.2) is 16.6 Å². The van der Waals surface area contributed by atoms with Gasteiger partial charge in [0.1, 0.15) is 0 Å². The highest BCUT2D eigenvalue weighted by molar-refractivity contribution is 6.20. The Morgan fingerprint density at radius 2 is 1.90 bits per heavy atom. The normalized spacial score (nSPS) is 56.2. The number of hydrogen-bond acceptors (Lipinski definition) is 1. The number of alkyl halides is 1. The van der Waals surface area contributed by atoms with Gasteiger partial charge in [0.05, 0.1) is 6.10 Å². The molecule has 118 valence electrons. The molecule has 3 saturated carbocycles. The van der Waals surface area contributed by atoms with E-state index in [1.54, 1.807) is 5.57 Å². The summed E-state index contributed by atoms with van der Waals surface area (Å²) < 4.78 is 0. The summed E-state index contributed by atoms with van der Waals surface area (Å²) in [5.41, 5.74) is 2.27. The van der Waals surface area contributed by atoms with Gasteiger partial charge in [-0.25, -0.2) is 0 Å². The second kappa shape index (κ2) is 4.74. The van der Waals surface area contributed by atoms with Crippen LogP contribution in [0.1, 0.15) is 65.2 Å². The molecule has 21 heavy (non-hydrogen) atoms. The average molecular weight is 309 g/mol. The topological polar surface area (TPSA) is 20.2 Å². The van der Waals surface area contributed by atoms with Crippen LogP contribution in [0.4, 0.5) is 0 Å². The zero-order chi connectivity index (χ0) is 14.8. The molecule has 0 unspecified atom stereocenters. The first-order valence-corrected chi connectivity index (χ1v) is 9.40. The zero-order valence-corrected chi connectivity index (χ0v) is 14.2. The van der Waals surface area contributed by atoms with Gasteiger partial charge in [0.25, 0.3) is 0 Å². The van der Waals surface area contributed by atoms with Crippen LogP contribution in [0, 0.1) is 28.6 Å². The molecule has 0 saturated heterocycles. The Morgan fingerprint density at radius 1 is 1.10 bits per heavy atom. The Kier molecular flexibility index (Phi) is 3.29. The van der Waals surface area contributed by atoms with Gasteiger partial charge in [-0.2, -0.15) is 0 Å². The summed E-state index contributed by atoms with van der Waals surface area (Å²) in [6.45, 7) is 4.88. The molecular formula is C19H29ClO. The number of aliphatic hydroxyl groups is 1. The van der Waals surface area contributed by atoms with E-state index in [-0.39, 0.29) is 11.5 Å². The van der Waals surface area contributed by atoms with Crippen LogP contribution in [0.25, 0.3) is 0 Å². The van der Waals surface area contributed by atoms with Gasteiger partial charge in [0, 0.05) is 5.38 Å². The van der Waals surface area contributed by atoms with E-state index >= 15 is 0 Å². The van der Waals surface area contributed by atoms with Gasteiger partial charge in [-0.1, -0.05) is 25.5 Å². The van der Waals surface area contributed by atoms with Crippen LogP contribution in [0.5, 0.6) is 0 Å². The number of rotatable bonds is 0. The van der Waals surface area contributed by atoms with E-state index < -0.39 is 0 Å². The summed E-state index contributed by atoms with van der Waals surface area (Å²) in [6.07, 6.45) is 12.1. The number of halogens is 1. The molecule has 4 aliphatic rings. The van der Waals surface area contributed by atoms with Crippen molar-refractivity contribution in [1.29, 1.82) is 0 Å². The summed E-state index contributed by atoms with van der Waals surface area (Å²) in [5.74, 6) is 2.39. The molecule has 4 aliphatic carbocycles. The maximum Gasteiger partial charge on any atom is 0.0596 e. The molecule has 0 heterocycles. The third-order valence-corrected chi connectivity index (χ3v) is 8.37. The van der Waals surface area contributed by atoms with Crippen molar-refractivity contribution in [1.82, 2.24) is 0 Å². The van der Waals surface area contributed by atoms with Crippen molar-refractivity contribution in [3.63, 3.8) is 0 Å². The van der Waals surface area contributed by atoms with Gasteiger partial charge in [0.15, 0.2) is 0 Å². The van der Waals surface area contributed by atoms with E-state index in [1.165, 1.54) is 38.5 Å². The summed E-state index contributed by atoms with van der Waals surface area (Å²) in [4.78, 5) is 0. The molecule has 1 N–H and O–H groups in total. The van der Waals surface area contributed by atoms with Crippen LogP contribution in [0.15, 0.2) is 11.6 Å². The Balaban J connectivity index is 1.68. The lowest BCUT2D eigenvalue weighted by molar-refractivity contribution is -0.0659. The first-order chi connectivity index (χ1) is 9.95. The number of fused-ring (bicyclic) bond motifs is 5. The summed E-state index contributed by atoms with van der Waals surface area (Å²) >= 11 is 6.43. The van der Waals surface area contributed by atoms with Gasteiger partial charge in [-0.3, -0.25) is 0 Å². The number of aliphatic hydroxyl groups excluding tert-OH is 1. The fourth-order valence-corrected chi connectivity index (χ4v) is 6.86. The second-order valence-corrected chi connectivity index (χ2v) is 9.35. The Labute approximate surface area is 134 Å². The molecule has 4 rings (SSSR count). The molecule has 0 amide bonds. The maximum atomic E-state index is 10.5. The van der Waals surface area contributed by atoms with Crippen molar-refractivity contribution in [2.45, 2.75) is 76.7 Å². The Morgan fingerprint density at radius 3 is 2.71 bits per heavy atom. The number of hydrogen-bond donors (Lipinski definition) is 1. The average Bonchev–Trinajstić information content (AvgIpc) is 2.76. The highest BCUT2D eigenvalue weighted by Gasteiger charge is 2.58. The molecule has 0 radical (unpaired) electrons. The van der Waals surface area contributed by atoms with E-state index in [0.29, 0.717) is 10.8 Å². The highest BCUT2D eigenvalue weighted by Crippen LogP contribution is 2.64. The third-order valence-electron chi connectivity index (χ3n) is 7.99. The van der Waals surface area contributed by atoms with Crippen molar-refractivity contribution >= 4 is 11.6 Å². The predicted octanol–water partition coefficient (Wildman–Crippen LogP) is 4.92. The van der Waals surface area contributed by atoms with Crippen molar-refractivity contribution in [3.8, 4) is 0 Å². The Hall–Kier alpha value is -0.0100. The smallest absolute Gasteiger partial charge is 0.0596 e. The minimum atomic E-state index is -0.0554. The first kappa shape index (κ1) is 14.6. The molecule has 0 aromatic rings. The van der Waals surface area contributed by atoms with E-state index in [2.05, 4.69) is 19.9 Å². The zero-order valence-electron chi connectivity index (χ0n) is 13.4. The van der Waals surface area contributed by atoms with Crippen LogP contribution in [0.3, 0.4) is 0 Å². The number of allylic oxidation sites excluding steroid dienone is 2. The van der Waals surface area contributed by atoms with Crippen LogP contribution < -0.4 is 0 Å². The molecule has 3 fully saturated rings. The molecule has 0 aromatic heterocycles. The lowest BCUT2D eigenvalue weighted by Gasteiger charge is -2.57. The largest absolute Gasteiger partial charge is 0.393 e. The molecule has 0 bridgehead atoms. The predicted molar refractivity (Wildman–Crippen MR) is 87.4 cm³/mol. The summed E-state index contributed by atoms with van der Waals surface area (Å²) in [5, 5.41) is 10.8. The minimum Gasteiger partial charge on any atom is -0.393 e. The van der Waals surface area contributed by atoms with E-state index in [0.717, 1.165) is 30.6 Å². The highest BCUT2D eigenvalue weighted by atomic mass is 35.5. The van der Waals surface area contributed by atoms with Gasteiger partial charge in [0.2, 0.25) is 0 Å². The molecule has 0 aliphatic heterocycles. The van der Waals surface area contributed by atoms with Crippen LogP contribution in [0.2, 0.25) is 0 Å². The first-order valence-electron chi connectivity index (χ1n) is 8.97. The minimum absolute atomic E-state index is 0.0554. The quantitative estimate of drug-likeness (QED) is 0.497. The molecule has 7 atom stereocenters. The lowest BCUT2D eigenvalue weighted by Crippen LogP contribution is -2.50. The molecular weight excluding hydrogens is 280 g/mol. The summed E-state index contributed by atoms with van der Waals surface area (Å²) in [6, 6.07) is 0. The lowest BCUT2D eigenvalue weighted by atomic mass is 9.48. The van der Waals surface area contributed by atoms with Crippen molar-refractivity contribution < 1.29 is 5.11 Å². The molecule has 2 heteroatoms. The van der Waals surface area contributed by atoms with Gasteiger partial charge < -0.3 is 5.11 Å². The van der Waals surface area contributed by atoms with Crippen LogP contribution >= 0.6 is 11.6 Å². The maximum absolute atomic E-state index is 10.5. The third kappa shape index (κ3) is 1.92. The fraction of sp³-hybridized carbons (Fsp3) is 0.895.